The van der Waals surface area contributed by atoms with Crippen molar-refractivity contribution in [2.45, 2.75) is 38.3 Å². The van der Waals surface area contributed by atoms with E-state index in [0.29, 0.717) is 23.5 Å². The number of nitrogens with one attached hydrogen (secondary N) is 1. The molecule has 132 valence electrons. The van der Waals surface area contributed by atoms with Crippen molar-refractivity contribution in [2.24, 2.45) is 0 Å². The second kappa shape index (κ2) is 6.59. The lowest BCUT2D eigenvalue weighted by Gasteiger charge is -2.49. The Bertz CT molecular complexity index is 751. The van der Waals surface area contributed by atoms with Crippen molar-refractivity contribution in [3.63, 3.8) is 0 Å². The van der Waals surface area contributed by atoms with E-state index < -0.39 is 0 Å². The Hall–Kier alpha value is -2.21. The first-order valence-electron chi connectivity index (χ1n) is 8.98. The van der Waals surface area contributed by atoms with Crippen LogP contribution in [-0.2, 0) is 0 Å². The van der Waals surface area contributed by atoms with Gasteiger partial charge >= 0.3 is 0 Å². The van der Waals surface area contributed by atoms with Crippen LogP contribution in [0.5, 0.6) is 0 Å². The standard InChI is InChI=1S/C19H23FN4O/c1-13-4-2-3-9-24(13)16-11-23(12-16)19(25)18-10-17(21-22-18)14-5-7-15(20)8-6-14/h5-8,10,13,16H,2-4,9,11-12H2,1H3,(H,21,22)/t13-/m1/s1. The van der Waals surface area contributed by atoms with Crippen molar-refractivity contribution in [1.82, 2.24) is 20.0 Å². The van der Waals surface area contributed by atoms with Crippen molar-refractivity contribution in [1.29, 1.82) is 0 Å². The van der Waals surface area contributed by atoms with Crippen LogP contribution >= 0.6 is 0 Å². The van der Waals surface area contributed by atoms with Crippen LogP contribution in [0, 0.1) is 5.82 Å². The zero-order chi connectivity index (χ0) is 17.4. The summed E-state index contributed by atoms with van der Waals surface area (Å²) in [6.45, 7) is 5.00. The molecule has 0 aliphatic carbocycles. The lowest BCUT2D eigenvalue weighted by molar-refractivity contribution is 0.00181. The fourth-order valence-corrected chi connectivity index (χ4v) is 3.86. The minimum Gasteiger partial charge on any atom is -0.334 e. The van der Waals surface area contributed by atoms with Gasteiger partial charge in [-0.15, -0.1) is 0 Å². The molecule has 2 aromatic rings. The molecule has 1 atom stereocenters. The number of hydrogen-bond donors (Lipinski definition) is 1. The fraction of sp³-hybridized carbons (Fsp3) is 0.474. The van der Waals surface area contributed by atoms with Gasteiger partial charge in [-0.1, -0.05) is 6.42 Å². The molecule has 2 fully saturated rings. The van der Waals surface area contributed by atoms with Crippen LogP contribution in [0.3, 0.4) is 0 Å². The third kappa shape index (κ3) is 3.18. The minimum absolute atomic E-state index is 0.0122. The van der Waals surface area contributed by atoms with Gasteiger partial charge in [0, 0.05) is 30.7 Å². The molecule has 0 spiro atoms. The maximum atomic E-state index is 13.0. The molecule has 0 radical (unpaired) electrons. The van der Waals surface area contributed by atoms with Crippen LogP contribution in [0.25, 0.3) is 11.3 Å². The third-order valence-corrected chi connectivity index (χ3v) is 5.42. The number of carbonyl (C=O) groups excluding carboxylic acids is 1. The highest BCUT2D eigenvalue weighted by Gasteiger charge is 2.38. The van der Waals surface area contributed by atoms with E-state index in [4.69, 9.17) is 0 Å². The quantitative estimate of drug-likeness (QED) is 0.933. The van der Waals surface area contributed by atoms with Crippen molar-refractivity contribution in [3.05, 3.63) is 41.8 Å². The highest BCUT2D eigenvalue weighted by Crippen LogP contribution is 2.26. The monoisotopic (exact) mass is 342 g/mol. The number of nitrogens with zero attached hydrogens (tertiary/aromatic N) is 3. The normalized spacial score (nSPS) is 22.0. The molecule has 0 unspecified atom stereocenters. The summed E-state index contributed by atoms with van der Waals surface area (Å²) < 4.78 is 13.0. The number of hydrogen-bond acceptors (Lipinski definition) is 3. The molecule has 2 saturated heterocycles. The van der Waals surface area contributed by atoms with E-state index in [0.717, 1.165) is 25.2 Å². The summed E-state index contributed by atoms with van der Waals surface area (Å²) in [5.41, 5.74) is 1.94. The van der Waals surface area contributed by atoms with Crippen molar-refractivity contribution in [3.8, 4) is 11.3 Å². The van der Waals surface area contributed by atoms with Gasteiger partial charge in [-0.25, -0.2) is 4.39 Å². The Kier molecular flexibility index (Phi) is 4.29. The smallest absolute Gasteiger partial charge is 0.271 e. The largest absolute Gasteiger partial charge is 0.334 e. The fourth-order valence-electron chi connectivity index (χ4n) is 3.86. The lowest BCUT2D eigenvalue weighted by Crippen LogP contribution is -2.63. The number of carbonyl (C=O) groups is 1. The van der Waals surface area contributed by atoms with E-state index in [-0.39, 0.29) is 11.7 Å². The summed E-state index contributed by atoms with van der Waals surface area (Å²) in [7, 11) is 0. The second-order valence-electron chi connectivity index (χ2n) is 7.12. The van der Waals surface area contributed by atoms with Crippen LogP contribution in [0.4, 0.5) is 4.39 Å². The molecule has 1 N–H and O–H groups in total. The zero-order valence-corrected chi connectivity index (χ0v) is 14.4. The van der Waals surface area contributed by atoms with E-state index in [1.807, 2.05) is 4.90 Å². The number of rotatable bonds is 3. The van der Waals surface area contributed by atoms with Gasteiger partial charge in [-0.3, -0.25) is 14.8 Å². The van der Waals surface area contributed by atoms with E-state index >= 15 is 0 Å². The van der Waals surface area contributed by atoms with Gasteiger partial charge in [0.05, 0.1) is 5.69 Å². The van der Waals surface area contributed by atoms with Crippen molar-refractivity contribution in [2.75, 3.05) is 19.6 Å². The topological polar surface area (TPSA) is 52.2 Å². The van der Waals surface area contributed by atoms with E-state index in [9.17, 15) is 9.18 Å². The molecule has 2 aliphatic rings. The molecule has 25 heavy (non-hydrogen) atoms. The molecule has 6 heteroatoms. The number of aromatic amines is 1. The molecule has 1 aromatic carbocycles. The molecular weight excluding hydrogens is 319 g/mol. The zero-order valence-electron chi connectivity index (χ0n) is 14.4. The number of halogens is 1. The molecule has 0 saturated carbocycles. The summed E-state index contributed by atoms with van der Waals surface area (Å²) >= 11 is 0. The van der Waals surface area contributed by atoms with Crippen molar-refractivity contribution < 1.29 is 9.18 Å². The number of aromatic nitrogens is 2. The average Bonchev–Trinajstić information content (AvgIpc) is 3.06. The molecule has 0 bridgehead atoms. The molecule has 2 aliphatic heterocycles. The number of piperidine rings is 1. The summed E-state index contributed by atoms with van der Waals surface area (Å²) in [6, 6.07) is 8.96. The van der Waals surface area contributed by atoms with Crippen LogP contribution in [0.15, 0.2) is 30.3 Å². The van der Waals surface area contributed by atoms with Gasteiger partial charge in [0.15, 0.2) is 0 Å². The molecule has 3 heterocycles. The number of amides is 1. The van der Waals surface area contributed by atoms with Gasteiger partial charge in [0.1, 0.15) is 11.5 Å². The van der Waals surface area contributed by atoms with Gasteiger partial charge in [-0.05, 0) is 56.6 Å². The Morgan fingerprint density at radius 1 is 1.24 bits per heavy atom. The predicted molar refractivity (Wildman–Crippen MR) is 93.7 cm³/mol. The first kappa shape index (κ1) is 16.3. The highest BCUT2D eigenvalue weighted by atomic mass is 19.1. The van der Waals surface area contributed by atoms with Crippen molar-refractivity contribution >= 4 is 5.91 Å². The third-order valence-electron chi connectivity index (χ3n) is 5.42. The number of H-pyrrole nitrogens is 1. The summed E-state index contributed by atoms with van der Waals surface area (Å²) in [5, 5.41) is 7.02. The molecule has 5 nitrogen and oxygen atoms in total. The SMILES string of the molecule is C[C@@H]1CCCCN1C1CN(C(=O)c2cc(-c3ccc(F)cc3)n[nH]2)C1. The second-order valence-corrected chi connectivity index (χ2v) is 7.12. The van der Waals surface area contributed by atoms with Gasteiger partial charge < -0.3 is 4.90 Å². The highest BCUT2D eigenvalue weighted by molar-refractivity contribution is 5.94. The van der Waals surface area contributed by atoms with Crippen LogP contribution < -0.4 is 0 Å². The Labute approximate surface area is 146 Å². The molecule has 1 aromatic heterocycles. The van der Waals surface area contributed by atoms with Gasteiger partial charge in [0.25, 0.3) is 5.91 Å². The average molecular weight is 342 g/mol. The van der Waals surface area contributed by atoms with Crippen LogP contribution in [0.1, 0.15) is 36.7 Å². The van der Waals surface area contributed by atoms with Crippen LogP contribution in [0.2, 0.25) is 0 Å². The minimum atomic E-state index is -0.283. The maximum absolute atomic E-state index is 13.0. The Morgan fingerprint density at radius 3 is 2.72 bits per heavy atom. The van der Waals surface area contributed by atoms with Gasteiger partial charge in [-0.2, -0.15) is 5.10 Å². The molecule has 4 rings (SSSR count). The van der Waals surface area contributed by atoms with E-state index in [1.165, 1.54) is 31.4 Å². The molecule has 1 amide bonds. The first-order valence-corrected chi connectivity index (χ1v) is 8.98. The number of benzene rings is 1. The maximum Gasteiger partial charge on any atom is 0.271 e. The van der Waals surface area contributed by atoms with E-state index in [1.54, 1.807) is 18.2 Å². The predicted octanol–water partition coefficient (Wildman–Crippen LogP) is 2.91. The van der Waals surface area contributed by atoms with Crippen LogP contribution in [-0.4, -0.2) is 57.6 Å². The number of likely N-dealkylation sites (tertiary alicyclic amines) is 2. The first-order chi connectivity index (χ1) is 12.1. The van der Waals surface area contributed by atoms with E-state index in [2.05, 4.69) is 22.0 Å². The Morgan fingerprint density at radius 2 is 2.00 bits per heavy atom. The summed E-state index contributed by atoms with van der Waals surface area (Å²) in [6.07, 6.45) is 3.83. The Balaban J connectivity index is 1.39. The van der Waals surface area contributed by atoms with Gasteiger partial charge in [0.2, 0.25) is 0 Å². The summed E-state index contributed by atoms with van der Waals surface area (Å²) in [4.78, 5) is 17.0. The molecular formula is C19H23FN4O. The lowest BCUT2D eigenvalue weighted by atomic mass is 9.97. The summed E-state index contributed by atoms with van der Waals surface area (Å²) in [5.74, 6) is -0.295.